The Labute approximate surface area is 72.2 Å². The molecule has 0 fully saturated rings. The van der Waals surface area contributed by atoms with E-state index in [4.69, 9.17) is 5.11 Å². The maximum absolute atomic E-state index is 13.0. The largest absolute Gasteiger partial charge is 0.476 e. The molecule has 13 heavy (non-hydrogen) atoms. The maximum atomic E-state index is 13.0. The first kappa shape index (κ1) is 9.24. The number of hydrogen-bond donors (Lipinski definition) is 1. The average molecular weight is 184 g/mol. The molecule has 0 unspecified atom stereocenters. The van der Waals surface area contributed by atoms with E-state index in [2.05, 4.69) is 9.97 Å². The molecule has 68 valence electrons. The summed E-state index contributed by atoms with van der Waals surface area (Å²) in [6.07, 6.45) is 0.837. The highest BCUT2D eigenvalue weighted by atomic mass is 19.1. The second-order valence-electron chi connectivity index (χ2n) is 2.25. The highest BCUT2D eigenvalue weighted by Crippen LogP contribution is 2.07. The summed E-state index contributed by atoms with van der Waals surface area (Å²) >= 11 is 0. The number of Topliss-reactive ketones (excluding diaryl/α,β-unsaturated/α-hetero) is 1. The third-order valence-corrected chi connectivity index (χ3v) is 1.33. The molecule has 0 atom stereocenters. The van der Waals surface area contributed by atoms with E-state index < -0.39 is 29.0 Å². The monoisotopic (exact) mass is 184 g/mol. The standard InChI is InChI=1S/C7H5FN2O3/c1-3(11)5-4(8)6(7(12)13)10-2-9-5/h2H,1H3,(H,12,13). The van der Waals surface area contributed by atoms with Crippen LogP contribution < -0.4 is 0 Å². The van der Waals surface area contributed by atoms with E-state index in [-0.39, 0.29) is 0 Å². The number of carbonyl (C=O) groups excluding carboxylic acids is 1. The molecule has 0 aromatic carbocycles. The third-order valence-electron chi connectivity index (χ3n) is 1.33. The molecule has 0 aliphatic rings. The molecule has 6 heteroatoms. The molecule has 1 aromatic rings. The van der Waals surface area contributed by atoms with Crippen LogP contribution in [-0.4, -0.2) is 26.8 Å². The van der Waals surface area contributed by atoms with Crippen molar-refractivity contribution in [1.29, 1.82) is 0 Å². The Morgan fingerprint density at radius 3 is 2.38 bits per heavy atom. The van der Waals surface area contributed by atoms with Crippen LogP contribution in [0.25, 0.3) is 0 Å². The maximum Gasteiger partial charge on any atom is 0.357 e. The Morgan fingerprint density at radius 2 is 1.92 bits per heavy atom. The summed E-state index contributed by atoms with van der Waals surface area (Å²) in [5.41, 5.74) is -1.30. The summed E-state index contributed by atoms with van der Waals surface area (Å²) in [5, 5.41) is 8.43. The van der Waals surface area contributed by atoms with E-state index >= 15 is 0 Å². The van der Waals surface area contributed by atoms with Gasteiger partial charge in [-0.25, -0.2) is 19.2 Å². The lowest BCUT2D eigenvalue weighted by atomic mass is 10.2. The fourth-order valence-electron chi connectivity index (χ4n) is 0.764. The van der Waals surface area contributed by atoms with E-state index in [0.29, 0.717) is 0 Å². The van der Waals surface area contributed by atoms with Crippen LogP contribution in [0, 0.1) is 5.82 Å². The lowest BCUT2D eigenvalue weighted by Gasteiger charge is -1.98. The summed E-state index contributed by atoms with van der Waals surface area (Å²) < 4.78 is 13.0. The van der Waals surface area contributed by atoms with Crippen LogP contribution in [0.4, 0.5) is 4.39 Å². The van der Waals surface area contributed by atoms with Gasteiger partial charge in [-0.2, -0.15) is 0 Å². The van der Waals surface area contributed by atoms with Crippen LogP contribution in [0.15, 0.2) is 6.33 Å². The number of carbonyl (C=O) groups is 2. The molecular weight excluding hydrogens is 179 g/mol. The van der Waals surface area contributed by atoms with Crippen LogP contribution in [-0.2, 0) is 0 Å². The first-order valence-corrected chi connectivity index (χ1v) is 3.28. The molecule has 0 bridgehead atoms. The van der Waals surface area contributed by atoms with E-state index in [1.54, 1.807) is 0 Å². The van der Waals surface area contributed by atoms with Crippen molar-refractivity contribution in [2.75, 3.05) is 0 Å². The average Bonchev–Trinajstić information content (AvgIpc) is 2.03. The zero-order chi connectivity index (χ0) is 10.0. The highest BCUT2D eigenvalue weighted by molar-refractivity contribution is 5.95. The van der Waals surface area contributed by atoms with Crippen molar-refractivity contribution in [3.63, 3.8) is 0 Å². The zero-order valence-electron chi connectivity index (χ0n) is 6.61. The van der Waals surface area contributed by atoms with Gasteiger partial charge in [0.2, 0.25) is 0 Å². The Bertz CT molecular complexity index is 346. The van der Waals surface area contributed by atoms with Crippen LogP contribution in [0.1, 0.15) is 27.9 Å². The van der Waals surface area contributed by atoms with E-state index in [0.717, 1.165) is 13.3 Å². The Morgan fingerprint density at radius 1 is 1.38 bits per heavy atom. The lowest BCUT2D eigenvalue weighted by Crippen LogP contribution is -2.11. The Kier molecular flexibility index (Phi) is 2.32. The van der Waals surface area contributed by atoms with E-state index in [9.17, 15) is 14.0 Å². The quantitative estimate of drug-likeness (QED) is 0.677. The number of carboxylic acid groups (broad SMARTS) is 1. The van der Waals surface area contributed by atoms with Crippen molar-refractivity contribution in [3.8, 4) is 0 Å². The van der Waals surface area contributed by atoms with Crippen molar-refractivity contribution in [2.24, 2.45) is 0 Å². The van der Waals surface area contributed by atoms with Gasteiger partial charge in [0.25, 0.3) is 0 Å². The van der Waals surface area contributed by atoms with Gasteiger partial charge in [0.15, 0.2) is 17.3 Å². The van der Waals surface area contributed by atoms with Crippen molar-refractivity contribution in [3.05, 3.63) is 23.5 Å². The number of carboxylic acids is 1. The van der Waals surface area contributed by atoms with Crippen molar-refractivity contribution >= 4 is 11.8 Å². The van der Waals surface area contributed by atoms with Gasteiger partial charge < -0.3 is 5.11 Å². The molecular formula is C7H5FN2O3. The summed E-state index contributed by atoms with van der Waals surface area (Å²) in [5.74, 6) is -3.35. The summed E-state index contributed by atoms with van der Waals surface area (Å²) in [4.78, 5) is 27.6. The smallest absolute Gasteiger partial charge is 0.357 e. The van der Waals surface area contributed by atoms with E-state index in [1.165, 1.54) is 0 Å². The van der Waals surface area contributed by atoms with Crippen molar-refractivity contribution in [2.45, 2.75) is 6.92 Å². The van der Waals surface area contributed by atoms with Gasteiger partial charge in [-0.3, -0.25) is 4.79 Å². The first-order valence-electron chi connectivity index (χ1n) is 3.28. The number of aromatic nitrogens is 2. The van der Waals surface area contributed by atoms with Gasteiger partial charge in [0.05, 0.1) is 0 Å². The fourth-order valence-corrected chi connectivity index (χ4v) is 0.764. The molecule has 1 N–H and O–H groups in total. The van der Waals surface area contributed by atoms with Crippen LogP contribution in [0.3, 0.4) is 0 Å². The van der Waals surface area contributed by atoms with Gasteiger partial charge >= 0.3 is 5.97 Å². The second-order valence-corrected chi connectivity index (χ2v) is 2.25. The first-order chi connectivity index (χ1) is 6.04. The van der Waals surface area contributed by atoms with Crippen LogP contribution in [0.2, 0.25) is 0 Å². The molecule has 1 rings (SSSR count). The topological polar surface area (TPSA) is 80.2 Å². The summed E-state index contributed by atoms with van der Waals surface area (Å²) in [6, 6.07) is 0. The van der Waals surface area contributed by atoms with Gasteiger partial charge in [0, 0.05) is 6.92 Å². The minimum absolute atomic E-state index is 0.507. The lowest BCUT2D eigenvalue weighted by molar-refractivity contribution is 0.0684. The Balaban J connectivity index is 3.35. The molecule has 0 amide bonds. The summed E-state index contributed by atoms with van der Waals surface area (Å²) in [6.45, 7) is 1.09. The number of ketones is 1. The number of nitrogens with zero attached hydrogens (tertiary/aromatic N) is 2. The van der Waals surface area contributed by atoms with E-state index in [1.807, 2.05) is 0 Å². The second kappa shape index (κ2) is 3.26. The zero-order valence-corrected chi connectivity index (χ0v) is 6.61. The molecule has 0 saturated heterocycles. The SMILES string of the molecule is CC(=O)c1ncnc(C(=O)O)c1F. The highest BCUT2D eigenvalue weighted by Gasteiger charge is 2.18. The fraction of sp³-hybridized carbons (Fsp3) is 0.143. The number of aromatic carboxylic acids is 1. The van der Waals surface area contributed by atoms with Gasteiger partial charge in [-0.05, 0) is 0 Å². The van der Waals surface area contributed by atoms with Crippen molar-refractivity contribution < 1.29 is 19.1 Å². The predicted octanol–water partition coefficient (Wildman–Crippen LogP) is 0.516. The molecule has 0 aliphatic carbocycles. The summed E-state index contributed by atoms with van der Waals surface area (Å²) in [7, 11) is 0. The molecule has 0 saturated carbocycles. The number of rotatable bonds is 2. The van der Waals surface area contributed by atoms with Gasteiger partial charge in [-0.1, -0.05) is 0 Å². The Hall–Kier alpha value is -1.85. The van der Waals surface area contributed by atoms with Crippen LogP contribution >= 0.6 is 0 Å². The number of hydrogen-bond acceptors (Lipinski definition) is 4. The molecule has 5 nitrogen and oxygen atoms in total. The van der Waals surface area contributed by atoms with Gasteiger partial charge in [-0.15, -0.1) is 0 Å². The molecule has 0 spiro atoms. The molecule has 1 aromatic heterocycles. The minimum atomic E-state index is -1.53. The van der Waals surface area contributed by atoms with Crippen molar-refractivity contribution in [1.82, 2.24) is 9.97 Å². The number of halogens is 1. The van der Waals surface area contributed by atoms with Gasteiger partial charge in [0.1, 0.15) is 12.0 Å². The third kappa shape index (κ3) is 1.66. The van der Waals surface area contributed by atoms with Crippen LogP contribution in [0.5, 0.6) is 0 Å². The predicted molar refractivity (Wildman–Crippen MR) is 39.0 cm³/mol. The normalized spacial score (nSPS) is 9.69. The molecule has 0 radical (unpaired) electrons. The minimum Gasteiger partial charge on any atom is -0.476 e. The molecule has 0 aliphatic heterocycles. The molecule has 1 heterocycles.